The fraction of sp³-hybridized carbons (Fsp3) is 0.273. The topological polar surface area (TPSA) is 46.0 Å². The van der Waals surface area contributed by atoms with Crippen molar-refractivity contribution >= 4 is 10.8 Å². The van der Waals surface area contributed by atoms with E-state index in [0.717, 1.165) is 16.3 Å². The summed E-state index contributed by atoms with van der Waals surface area (Å²) in [5, 5.41) is 19.4. The molecule has 1 N–H and O–H groups in total. The van der Waals surface area contributed by atoms with E-state index < -0.39 is 5.60 Å². The van der Waals surface area contributed by atoms with Gasteiger partial charge in [0.2, 0.25) is 0 Å². The SMILES string of the molecule is CC(C)(O)c1ccc2cnncc2c1. The summed E-state index contributed by atoms with van der Waals surface area (Å²) in [5.74, 6) is 0. The molecule has 3 heteroatoms. The van der Waals surface area contributed by atoms with Crippen LogP contribution in [-0.2, 0) is 5.60 Å². The van der Waals surface area contributed by atoms with Gasteiger partial charge < -0.3 is 5.11 Å². The second kappa shape index (κ2) is 3.03. The van der Waals surface area contributed by atoms with Gasteiger partial charge in [0.05, 0.1) is 18.0 Å². The van der Waals surface area contributed by atoms with Gasteiger partial charge in [0.25, 0.3) is 0 Å². The van der Waals surface area contributed by atoms with Crippen LogP contribution in [0.4, 0.5) is 0 Å². The van der Waals surface area contributed by atoms with Gasteiger partial charge in [-0.2, -0.15) is 10.2 Å². The van der Waals surface area contributed by atoms with Gasteiger partial charge in [0, 0.05) is 10.8 Å². The monoisotopic (exact) mass is 188 g/mol. The number of aliphatic hydroxyl groups is 1. The van der Waals surface area contributed by atoms with Crippen LogP contribution in [0.25, 0.3) is 10.8 Å². The van der Waals surface area contributed by atoms with Crippen LogP contribution in [-0.4, -0.2) is 15.3 Å². The van der Waals surface area contributed by atoms with Crippen molar-refractivity contribution in [1.29, 1.82) is 0 Å². The first-order valence-corrected chi connectivity index (χ1v) is 4.51. The first-order chi connectivity index (χ1) is 6.57. The highest BCUT2D eigenvalue weighted by atomic mass is 16.3. The van der Waals surface area contributed by atoms with E-state index in [4.69, 9.17) is 0 Å². The van der Waals surface area contributed by atoms with Gasteiger partial charge in [-0.1, -0.05) is 12.1 Å². The Morgan fingerprint density at radius 2 is 1.71 bits per heavy atom. The number of aromatic nitrogens is 2. The zero-order valence-electron chi connectivity index (χ0n) is 8.23. The molecule has 0 atom stereocenters. The Hall–Kier alpha value is -1.48. The van der Waals surface area contributed by atoms with E-state index in [2.05, 4.69) is 10.2 Å². The summed E-state index contributed by atoms with van der Waals surface area (Å²) in [5.41, 5.74) is 0.0790. The van der Waals surface area contributed by atoms with Crippen molar-refractivity contribution in [1.82, 2.24) is 10.2 Å². The van der Waals surface area contributed by atoms with Crippen molar-refractivity contribution in [2.75, 3.05) is 0 Å². The molecule has 2 aromatic rings. The third-order valence-electron chi connectivity index (χ3n) is 2.25. The summed E-state index contributed by atoms with van der Waals surface area (Å²) >= 11 is 0. The van der Waals surface area contributed by atoms with Crippen LogP contribution in [0.2, 0.25) is 0 Å². The van der Waals surface area contributed by atoms with E-state index in [1.807, 2.05) is 18.2 Å². The first-order valence-electron chi connectivity index (χ1n) is 4.51. The quantitative estimate of drug-likeness (QED) is 0.743. The Balaban J connectivity index is 2.63. The summed E-state index contributed by atoms with van der Waals surface area (Å²) in [6, 6.07) is 5.78. The Bertz CT molecular complexity index is 460. The van der Waals surface area contributed by atoms with Crippen LogP contribution in [0.3, 0.4) is 0 Å². The smallest absolute Gasteiger partial charge is 0.0840 e. The molecule has 0 aliphatic heterocycles. The van der Waals surface area contributed by atoms with Gasteiger partial charge >= 0.3 is 0 Å². The van der Waals surface area contributed by atoms with Crippen LogP contribution >= 0.6 is 0 Å². The number of hydrogen-bond acceptors (Lipinski definition) is 3. The standard InChI is InChI=1S/C11H12N2O/c1-11(2,14)10-4-3-8-6-12-13-7-9(8)5-10/h3-7,14H,1-2H3. The number of nitrogens with zero attached hydrogens (tertiary/aromatic N) is 2. The molecule has 0 spiro atoms. The minimum atomic E-state index is -0.808. The Morgan fingerprint density at radius 1 is 1.07 bits per heavy atom. The third kappa shape index (κ3) is 1.59. The summed E-state index contributed by atoms with van der Waals surface area (Å²) < 4.78 is 0. The zero-order valence-corrected chi connectivity index (χ0v) is 8.23. The maximum atomic E-state index is 9.81. The normalized spacial score (nSPS) is 11.9. The molecule has 0 aliphatic carbocycles. The maximum absolute atomic E-state index is 9.81. The molecule has 0 aliphatic rings. The molecule has 0 amide bonds. The molecule has 1 heterocycles. The van der Waals surface area contributed by atoms with Gasteiger partial charge in [0.1, 0.15) is 0 Å². The van der Waals surface area contributed by atoms with Crippen molar-refractivity contribution in [3.8, 4) is 0 Å². The van der Waals surface area contributed by atoms with Gasteiger partial charge in [-0.3, -0.25) is 0 Å². The second-order valence-corrected chi connectivity index (χ2v) is 3.89. The predicted molar refractivity (Wildman–Crippen MR) is 54.8 cm³/mol. The molecular formula is C11H12N2O. The third-order valence-corrected chi connectivity index (χ3v) is 2.25. The highest BCUT2D eigenvalue weighted by Gasteiger charge is 2.15. The molecule has 0 radical (unpaired) electrons. The maximum Gasteiger partial charge on any atom is 0.0840 e. The fourth-order valence-corrected chi connectivity index (χ4v) is 1.38. The molecule has 1 aromatic heterocycles. The molecule has 72 valence electrons. The van der Waals surface area contributed by atoms with Crippen molar-refractivity contribution < 1.29 is 5.11 Å². The molecule has 1 aromatic carbocycles. The van der Waals surface area contributed by atoms with E-state index in [9.17, 15) is 5.11 Å². The average molecular weight is 188 g/mol. The van der Waals surface area contributed by atoms with Crippen LogP contribution < -0.4 is 0 Å². The summed E-state index contributed by atoms with van der Waals surface area (Å²) in [6.07, 6.45) is 3.41. The van der Waals surface area contributed by atoms with E-state index in [-0.39, 0.29) is 0 Å². The fourth-order valence-electron chi connectivity index (χ4n) is 1.38. The molecule has 2 rings (SSSR count). The van der Waals surface area contributed by atoms with E-state index in [1.54, 1.807) is 26.2 Å². The molecule has 0 saturated carbocycles. The minimum absolute atomic E-state index is 0.808. The lowest BCUT2D eigenvalue weighted by Crippen LogP contribution is -2.15. The largest absolute Gasteiger partial charge is 0.386 e. The number of rotatable bonds is 1. The number of fused-ring (bicyclic) bond motifs is 1. The number of hydrogen-bond donors (Lipinski definition) is 1. The average Bonchev–Trinajstić information content (AvgIpc) is 2.16. The highest BCUT2D eigenvalue weighted by molar-refractivity contribution is 5.81. The molecule has 3 nitrogen and oxygen atoms in total. The molecule has 0 saturated heterocycles. The van der Waals surface area contributed by atoms with E-state index in [1.165, 1.54) is 0 Å². The van der Waals surface area contributed by atoms with Gasteiger partial charge in [-0.15, -0.1) is 0 Å². The summed E-state index contributed by atoms with van der Waals surface area (Å²) in [4.78, 5) is 0. The lowest BCUT2D eigenvalue weighted by atomic mass is 9.96. The van der Waals surface area contributed by atoms with Crippen molar-refractivity contribution in [3.63, 3.8) is 0 Å². The molecule has 0 fully saturated rings. The lowest BCUT2D eigenvalue weighted by Gasteiger charge is -2.17. The Morgan fingerprint density at radius 3 is 2.36 bits per heavy atom. The Labute approximate surface area is 82.4 Å². The van der Waals surface area contributed by atoms with Gasteiger partial charge in [-0.05, 0) is 25.5 Å². The van der Waals surface area contributed by atoms with E-state index >= 15 is 0 Å². The van der Waals surface area contributed by atoms with E-state index in [0.29, 0.717) is 0 Å². The van der Waals surface area contributed by atoms with Crippen LogP contribution in [0, 0.1) is 0 Å². The zero-order chi connectivity index (χ0) is 10.2. The minimum Gasteiger partial charge on any atom is -0.386 e. The molecule has 0 bridgehead atoms. The molecular weight excluding hydrogens is 176 g/mol. The van der Waals surface area contributed by atoms with Crippen LogP contribution in [0.1, 0.15) is 19.4 Å². The van der Waals surface area contributed by atoms with Gasteiger partial charge in [-0.25, -0.2) is 0 Å². The molecule has 0 unspecified atom stereocenters. The van der Waals surface area contributed by atoms with Gasteiger partial charge in [0.15, 0.2) is 0 Å². The second-order valence-electron chi connectivity index (χ2n) is 3.89. The van der Waals surface area contributed by atoms with Crippen molar-refractivity contribution in [2.45, 2.75) is 19.4 Å². The summed E-state index contributed by atoms with van der Waals surface area (Å²) in [7, 11) is 0. The molecule has 14 heavy (non-hydrogen) atoms. The van der Waals surface area contributed by atoms with Crippen molar-refractivity contribution in [3.05, 3.63) is 36.2 Å². The Kier molecular flexibility index (Phi) is 1.97. The van der Waals surface area contributed by atoms with Crippen LogP contribution in [0.15, 0.2) is 30.6 Å². The van der Waals surface area contributed by atoms with Crippen LogP contribution in [0.5, 0.6) is 0 Å². The summed E-state index contributed by atoms with van der Waals surface area (Å²) in [6.45, 7) is 3.53. The number of benzene rings is 1. The predicted octanol–water partition coefficient (Wildman–Crippen LogP) is 1.86. The lowest BCUT2D eigenvalue weighted by molar-refractivity contribution is 0.0787. The first kappa shape index (κ1) is 9.09. The van der Waals surface area contributed by atoms with Crippen molar-refractivity contribution in [2.24, 2.45) is 0 Å². The highest BCUT2D eigenvalue weighted by Crippen LogP contribution is 2.23.